The fourth-order valence-electron chi connectivity index (χ4n) is 1.07. The lowest BCUT2D eigenvalue weighted by Crippen LogP contribution is -1.96. The first-order valence-corrected chi connectivity index (χ1v) is 7.32. The maximum atomic E-state index is 4.36. The van der Waals surface area contributed by atoms with Gasteiger partial charge >= 0.3 is 0 Å². The van der Waals surface area contributed by atoms with Crippen molar-refractivity contribution in [1.29, 1.82) is 0 Å². The molecule has 0 aromatic carbocycles. The number of rotatable bonds is 3. The minimum atomic E-state index is 0.529. The first-order chi connectivity index (χ1) is 7.04. The molecule has 0 bridgehead atoms. The van der Waals surface area contributed by atoms with E-state index in [0.29, 0.717) is 5.92 Å². The summed E-state index contributed by atoms with van der Waals surface area (Å²) in [5, 5.41) is 0.884. The standard InChI is InChI=1S/C11H12Br3N/c1-7(2)8(5-12)3-11-10(14)4-9(13)6-15-11/h3-4,6-7H,5H2,1-2H3/b8-3+. The Morgan fingerprint density at radius 3 is 2.60 bits per heavy atom. The van der Waals surface area contributed by atoms with E-state index in [4.69, 9.17) is 0 Å². The van der Waals surface area contributed by atoms with E-state index < -0.39 is 0 Å². The van der Waals surface area contributed by atoms with Gasteiger partial charge in [0.15, 0.2) is 0 Å². The van der Waals surface area contributed by atoms with E-state index in [1.54, 1.807) is 0 Å². The van der Waals surface area contributed by atoms with Gasteiger partial charge in [0.1, 0.15) is 0 Å². The van der Waals surface area contributed by atoms with Gasteiger partial charge in [-0.05, 0) is 49.9 Å². The highest BCUT2D eigenvalue weighted by Crippen LogP contribution is 2.23. The van der Waals surface area contributed by atoms with E-state index in [1.165, 1.54) is 5.57 Å². The van der Waals surface area contributed by atoms with Crippen LogP contribution in [-0.2, 0) is 0 Å². The smallest absolute Gasteiger partial charge is 0.0772 e. The van der Waals surface area contributed by atoms with Crippen molar-refractivity contribution in [2.45, 2.75) is 13.8 Å². The molecule has 0 saturated carbocycles. The fourth-order valence-corrected chi connectivity index (χ4v) is 2.98. The molecule has 82 valence electrons. The average Bonchev–Trinajstić information content (AvgIpc) is 2.16. The molecule has 1 aromatic heterocycles. The highest BCUT2D eigenvalue weighted by atomic mass is 79.9. The Kier molecular flexibility index (Phi) is 5.50. The largest absolute Gasteiger partial charge is 0.255 e. The highest BCUT2D eigenvalue weighted by molar-refractivity contribution is 9.11. The second-order valence-corrected chi connectivity index (χ2v) is 5.86. The Balaban J connectivity index is 3.06. The Labute approximate surface area is 116 Å². The minimum Gasteiger partial charge on any atom is -0.255 e. The summed E-state index contributed by atoms with van der Waals surface area (Å²) in [7, 11) is 0. The van der Waals surface area contributed by atoms with Crippen molar-refractivity contribution in [3.05, 3.63) is 32.5 Å². The molecule has 0 aliphatic carbocycles. The molecule has 0 aliphatic heterocycles. The molecule has 0 unspecified atom stereocenters. The molecule has 1 aromatic rings. The van der Waals surface area contributed by atoms with E-state index in [0.717, 1.165) is 20.0 Å². The topological polar surface area (TPSA) is 12.9 Å². The maximum Gasteiger partial charge on any atom is 0.0772 e. The van der Waals surface area contributed by atoms with Crippen molar-refractivity contribution in [1.82, 2.24) is 4.98 Å². The first-order valence-electron chi connectivity index (χ1n) is 4.62. The molecular formula is C11H12Br3N. The lowest BCUT2D eigenvalue weighted by molar-refractivity contribution is 0.780. The molecule has 0 amide bonds. The van der Waals surface area contributed by atoms with Gasteiger partial charge in [-0.2, -0.15) is 0 Å². The van der Waals surface area contributed by atoms with Crippen LogP contribution in [0.15, 0.2) is 26.8 Å². The van der Waals surface area contributed by atoms with Gasteiger partial charge in [0.05, 0.1) is 5.69 Å². The Morgan fingerprint density at radius 1 is 1.47 bits per heavy atom. The predicted molar refractivity (Wildman–Crippen MR) is 76.2 cm³/mol. The number of nitrogens with zero attached hydrogens (tertiary/aromatic N) is 1. The molecule has 1 heterocycles. The van der Waals surface area contributed by atoms with Gasteiger partial charge in [0, 0.05) is 20.5 Å². The number of halogens is 3. The van der Waals surface area contributed by atoms with Crippen LogP contribution in [0.2, 0.25) is 0 Å². The van der Waals surface area contributed by atoms with E-state index in [1.807, 2.05) is 12.3 Å². The van der Waals surface area contributed by atoms with Gasteiger partial charge in [-0.3, -0.25) is 4.98 Å². The molecule has 0 spiro atoms. The SMILES string of the molecule is CC(C)/C(=C/c1ncc(Br)cc1Br)CBr. The minimum absolute atomic E-state index is 0.529. The van der Waals surface area contributed by atoms with Crippen molar-refractivity contribution in [2.24, 2.45) is 5.92 Å². The quantitative estimate of drug-likeness (QED) is 0.651. The summed E-state index contributed by atoms with van der Waals surface area (Å²) in [4.78, 5) is 4.36. The van der Waals surface area contributed by atoms with Crippen LogP contribution < -0.4 is 0 Å². The molecule has 15 heavy (non-hydrogen) atoms. The molecule has 4 heteroatoms. The number of hydrogen-bond donors (Lipinski definition) is 0. The highest BCUT2D eigenvalue weighted by Gasteiger charge is 2.05. The lowest BCUT2D eigenvalue weighted by atomic mass is 10.0. The summed E-state index contributed by atoms with van der Waals surface area (Å²) >= 11 is 10.4. The lowest BCUT2D eigenvalue weighted by Gasteiger charge is -2.08. The second kappa shape index (κ2) is 6.16. The van der Waals surface area contributed by atoms with Crippen LogP contribution in [0.4, 0.5) is 0 Å². The van der Waals surface area contributed by atoms with Crippen molar-refractivity contribution in [3.8, 4) is 0 Å². The van der Waals surface area contributed by atoms with Crippen molar-refractivity contribution in [3.63, 3.8) is 0 Å². The molecule has 0 fully saturated rings. The van der Waals surface area contributed by atoms with Crippen LogP contribution in [0.3, 0.4) is 0 Å². The van der Waals surface area contributed by atoms with Crippen LogP contribution in [0.5, 0.6) is 0 Å². The Morgan fingerprint density at radius 2 is 2.13 bits per heavy atom. The third kappa shape index (κ3) is 4.00. The van der Waals surface area contributed by atoms with Crippen LogP contribution in [0, 0.1) is 5.92 Å². The number of aromatic nitrogens is 1. The van der Waals surface area contributed by atoms with Crippen molar-refractivity contribution >= 4 is 53.9 Å². The zero-order valence-electron chi connectivity index (χ0n) is 8.60. The molecule has 1 nitrogen and oxygen atoms in total. The average molecular weight is 398 g/mol. The van der Waals surface area contributed by atoms with E-state index >= 15 is 0 Å². The van der Waals surface area contributed by atoms with Crippen LogP contribution in [-0.4, -0.2) is 10.3 Å². The third-order valence-corrected chi connectivity index (χ3v) is 3.77. The summed E-state index contributed by atoms with van der Waals surface area (Å²) in [6.07, 6.45) is 3.93. The number of pyridine rings is 1. The van der Waals surface area contributed by atoms with Gasteiger partial charge < -0.3 is 0 Å². The van der Waals surface area contributed by atoms with Gasteiger partial charge in [-0.1, -0.05) is 35.4 Å². The number of hydrogen-bond acceptors (Lipinski definition) is 1. The summed E-state index contributed by atoms with van der Waals surface area (Å²) in [6.45, 7) is 4.36. The summed E-state index contributed by atoms with van der Waals surface area (Å²) in [5.74, 6) is 0.529. The van der Waals surface area contributed by atoms with E-state index in [9.17, 15) is 0 Å². The monoisotopic (exact) mass is 395 g/mol. The molecule has 0 N–H and O–H groups in total. The molecular weight excluding hydrogens is 386 g/mol. The van der Waals surface area contributed by atoms with E-state index in [-0.39, 0.29) is 0 Å². The second-order valence-electron chi connectivity index (χ2n) is 3.53. The summed E-state index contributed by atoms with van der Waals surface area (Å²) < 4.78 is 1.99. The Bertz CT molecular complexity index is 372. The summed E-state index contributed by atoms with van der Waals surface area (Å²) in [6, 6.07) is 2.00. The zero-order valence-corrected chi connectivity index (χ0v) is 13.4. The first kappa shape index (κ1) is 13.4. The summed E-state index contributed by atoms with van der Waals surface area (Å²) in [5.41, 5.74) is 2.31. The van der Waals surface area contributed by atoms with Gasteiger partial charge in [-0.15, -0.1) is 0 Å². The zero-order chi connectivity index (χ0) is 11.4. The molecule has 0 atom stereocenters. The van der Waals surface area contributed by atoms with Gasteiger partial charge in [0.2, 0.25) is 0 Å². The maximum absolute atomic E-state index is 4.36. The normalized spacial score (nSPS) is 12.3. The molecule has 0 aliphatic rings. The third-order valence-electron chi connectivity index (χ3n) is 2.05. The number of alkyl halides is 1. The predicted octanol–water partition coefficient (Wildman–Crippen LogP) is 5.04. The number of allylic oxidation sites excluding steroid dienone is 1. The van der Waals surface area contributed by atoms with Crippen LogP contribution >= 0.6 is 47.8 Å². The Hall–Kier alpha value is 0.330. The van der Waals surface area contributed by atoms with Crippen molar-refractivity contribution in [2.75, 3.05) is 5.33 Å². The van der Waals surface area contributed by atoms with Crippen LogP contribution in [0.1, 0.15) is 19.5 Å². The van der Waals surface area contributed by atoms with Crippen molar-refractivity contribution < 1.29 is 0 Å². The van der Waals surface area contributed by atoms with Crippen LogP contribution in [0.25, 0.3) is 6.08 Å². The molecule has 0 radical (unpaired) electrons. The van der Waals surface area contributed by atoms with Gasteiger partial charge in [-0.25, -0.2) is 0 Å². The molecule has 1 rings (SSSR count). The molecule has 0 saturated heterocycles. The fraction of sp³-hybridized carbons (Fsp3) is 0.364. The van der Waals surface area contributed by atoms with E-state index in [2.05, 4.69) is 72.7 Å². The van der Waals surface area contributed by atoms with Gasteiger partial charge in [0.25, 0.3) is 0 Å².